The van der Waals surface area contributed by atoms with E-state index in [0.717, 1.165) is 0 Å². The molecule has 0 saturated carbocycles. The van der Waals surface area contributed by atoms with Gasteiger partial charge in [0.05, 0.1) is 0 Å². The van der Waals surface area contributed by atoms with Crippen LogP contribution < -0.4 is 9.47 Å². The van der Waals surface area contributed by atoms with Gasteiger partial charge in [-0.15, -0.1) is 0 Å². The standard InChI is InChI=1S/C22H28N3O4PS/c1-3-23(4-2)30(31)24(21(26)17-28-19-11-7-5-8-12-19)15-16-25(30)22(27)18-29-20-13-9-6-10-14-20/h5-14H,3-4,15-18H2,1-2H3. The van der Waals surface area contributed by atoms with Crippen LogP contribution in [0, 0.1) is 0 Å². The zero-order chi connectivity index (χ0) is 22.3. The molecule has 3 rings (SSSR count). The van der Waals surface area contributed by atoms with Gasteiger partial charge in [-0.3, -0.25) is 18.9 Å². The van der Waals surface area contributed by atoms with Gasteiger partial charge in [0.2, 0.25) is 0 Å². The van der Waals surface area contributed by atoms with Crippen molar-refractivity contribution in [2.24, 2.45) is 0 Å². The number of para-hydroxylation sites is 2. The number of ether oxygens (including phenoxy) is 2. The van der Waals surface area contributed by atoms with E-state index in [-0.39, 0.29) is 25.0 Å². The molecule has 1 aliphatic heterocycles. The van der Waals surface area contributed by atoms with Crippen LogP contribution in [0.4, 0.5) is 0 Å². The average molecular weight is 462 g/mol. The Labute approximate surface area is 188 Å². The number of hydrogen-bond acceptors (Lipinski definition) is 5. The molecule has 1 saturated heterocycles. The Balaban J connectivity index is 1.74. The molecule has 0 atom stereocenters. The van der Waals surface area contributed by atoms with Gasteiger partial charge in [-0.2, -0.15) is 0 Å². The first-order valence-corrected chi connectivity index (χ1v) is 13.0. The lowest BCUT2D eigenvalue weighted by molar-refractivity contribution is -0.128. The fourth-order valence-electron chi connectivity index (χ4n) is 3.49. The van der Waals surface area contributed by atoms with Gasteiger partial charge in [0.15, 0.2) is 19.7 Å². The maximum Gasteiger partial charge on any atom is 0.266 e. The van der Waals surface area contributed by atoms with E-state index in [2.05, 4.69) is 0 Å². The van der Waals surface area contributed by atoms with Gasteiger partial charge in [-0.1, -0.05) is 50.2 Å². The van der Waals surface area contributed by atoms with Gasteiger partial charge in [0.1, 0.15) is 11.5 Å². The predicted molar refractivity (Wildman–Crippen MR) is 125 cm³/mol. The summed E-state index contributed by atoms with van der Waals surface area (Å²) in [7, 11) is 0. The van der Waals surface area contributed by atoms with Crippen molar-refractivity contribution >= 4 is 30.1 Å². The average Bonchev–Trinajstić information content (AvgIpc) is 3.16. The molecule has 31 heavy (non-hydrogen) atoms. The largest absolute Gasteiger partial charge is 0.484 e. The van der Waals surface area contributed by atoms with Crippen molar-refractivity contribution in [3.05, 3.63) is 60.7 Å². The molecule has 0 radical (unpaired) electrons. The third-order valence-electron chi connectivity index (χ3n) is 5.04. The number of amides is 2. The summed E-state index contributed by atoms with van der Waals surface area (Å²) in [5.74, 6) is 0.822. The number of rotatable bonds is 9. The lowest BCUT2D eigenvalue weighted by Gasteiger charge is -2.41. The van der Waals surface area contributed by atoms with Crippen LogP contribution in [0.25, 0.3) is 0 Å². The second kappa shape index (κ2) is 10.8. The van der Waals surface area contributed by atoms with Crippen LogP contribution in [0.15, 0.2) is 60.7 Å². The number of hydrogen-bond donors (Lipinski definition) is 0. The maximum atomic E-state index is 13.1. The van der Waals surface area contributed by atoms with E-state index in [9.17, 15) is 9.59 Å². The van der Waals surface area contributed by atoms with E-state index in [1.807, 2.05) is 54.9 Å². The molecule has 0 aliphatic carbocycles. The van der Waals surface area contributed by atoms with Crippen LogP contribution in [-0.2, 0) is 21.4 Å². The van der Waals surface area contributed by atoms with Crippen LogP contribution in [0.5, 0.6) is 11.5 Å². The van der Waals surface area contributed by atoms with Gasteiger partial charge in [-0.05, 0) is 36.1 Å². The van der Waals surface area contributed by atoms with Crippen LogP contribution in [0.3, 0.4) is 0 Å². The van der Waals surface area contributed by atoms with Gasteiger partial charge in [0.25, 0.3) is 11.8 Å². The lowest BCUT2D eigenvalue weighted by Crippen LogP contribution is -2.40. The van der Waals surface area contributed by atoms with Gasteiger partial charge in [-0.25, -0.2) is 4.67 Å². The molecule has 9 heteroatoms. The molecular formula is C22H28N3O4PS. The minimum Gasteiger partial charge on any atom is -0.484 e. The number of carbonyl (C=O) groups is 2. The Bertz CT molecular complexity index is 857. The Kier molecular flexibility index (Phi) is 8.07. The van der Waals surface area contributed by atoms with Crippen molar-refractivity contribution in [3.63, 3.8) is 0 Å². The van der Waals surface area contributed by atoms with Gasteiger partial charge in [0, 0.05) is 26.2 Å². The van der Waals surface area contributed by atoms with Crippen molar-refractivity contribution in [1.29, 1.82) is 0 Å². The molecular weight excluding hydrogens is 433 g/mol. The predicted octanol–water partition coefficient (Wildman–Crippen LogP) is 3.38. The van der Waals surface area contributed by atoms with Crippen LogP contribution >= 0.6 is 6.49 Å². The molecule has 7 nitrogen and oxygen atoms in total. The molecule has 2 aromatic rings. The number of carbonyl (C=O) groups excluding carboxylic acids is 2. The molecule has 1 heterocycles. The minimum absolute atomic E-state index is 0.119. The number of benzene rings is 2. The van der Waals surface area contributed by atoms with E-state index >= 15 is 0 Å². The van der Waals surface area contributed by atoms with E-state index in [0.29, 0.717) is 37.7 Å². The van der Waals surface area contributed by atoms with Crippen molar-refractivity contribution in [2.45, 2.75) is 13.8 Å². The Morgan fingerprint density at radius 3 is 1.58 bits per heavy atom. The quantitative estimate of drug-likeness (QED) is 0.534. The number of nitrogens with zero attached hydrogens (tertiary/aromatic N) is 3. The minimum atomic E-state index is -2.78. The Morgan fingerprint density at radius 2 is 1.23 bits per heavy atom. The maximum absolute atomic E-state index is 13.1. The first-order valence-electron chi connectivity index (χ1n) is 10.3. The molecule has 1 fully saturated rings. The molecule has 0 unspecified atom stereocenters. The first-order chi connectivity index (χ1) is 15.0. The Morgan fingerprint density at radius 1 is 0.839 bits per heavy atom. The first kappa shape index (κ1) is 23.3. The second-order valence-corrected chi connectivity index (χ2v) is 10.9. The molecule has 0 bridgehead atoms. The van der Waals surface area contributed by atoms with Crippen LogP contribution in [0.2, 0.25) is 0 Å². The topological polar surface area (TPSA) is 62.3 Å². The highest BCUT2D eigenvalue weighted by Crippen LogP contribution is 2.60. The van der Waals surface area contributed by atoms with E-state index in [1.54, 1.807) is 33.6 Å². The fraction of sp³-hybridized carbons (Fsp3) is 0.364. The van der Waals surface area contributed by atoms with Gasteiger partial charge < -0.3 is 9.47 Å². The van der Waals surface area contributed by atoms with E-state index < -0.39 is 6.49 Å². The Hall–Kier alpha value is -2.41. The van der Waals surface area contributed by atoms with Crippen molar-refractivity contribution in [1.82, 2.24) is 14.0 Å². The third-order valence-corrected chi connectivity index (χ3v) is 10.3. The molecule has 2 aromatic carbocycles. The molecule has 166 valence electrons. The summed E-state index contributed by atoms with van der Waals surface area (Å²) in [6.07, 6.45) is 0. The third kappa shape index (κ3) is 5.26. The molecule has 0 spiro atoms. The molecule has 0 aromatic heterocycles. The summed E-state index contributed by atoms with van der Waals surface area (Å²) in [5, 5.41) is 0. The summed E-state index contributed by atoms with van der Waals surface area (Å²) >= 11 is 6.08. The van der Waals surface area contributed by atoms with E-state index in [4.69, 9.17) is 21.3 Å². The second-order valence-electron chi connectivity index (χ2n) is 6.89. The highest BCUT2D eigenvalue weighted by Gasteiger charge is 2.47. The fourth-order valence-corrected chi connectivity index (χ4v) is 8.22. The SMILES string of the molecule is CCN(CC)P1(=S)N(C(=O)COc2ccccc2)CCN1C(=O)COc1ccccc1. The normalized spacial score (nSPS) is 15.2. The van der Waals surface area contributed by atoms with Crippen molar-refractivity contribution in [2.75, 3.05) is 39.4 Å². The smallest absolute Gasteiger partial charge is 0.266 e. The summed E-state index contributed by atoms with van der Waals surface area (Å²) in [4.78, 5) is 26.2. The van der Waals surface area contributed by atoms with Crippen LogP contribution in [-0.4, -0.2) is 65.2 Å². The summed E-state index contributed by atoms with van der Waals surface area (Å²) in [6.45, 7) is 3.02. The summed E-state index contributed by atoms with van der Waals surface area (Å²) < 4.78 is 16.7. The molecule has 1 aliphatic rings. The van der Waals surface area contributed by atoms with Crippen LogP contribution in [0.1, 0.15) is 13.8 Å². The summed E-state index contributed by atoms with van der Waals surface area (Å²) in [6, 6.07) is 18.4. The molecule has 0 N–H and O–H groups in total. The highest BCUT2D eigenvalue weighted by atomic mass is 32.4. The van der Waals surface area contributed by atoms with E-state index in [1.165, 1.54) is 0 Å². The summed E-state index contributed by atoms with van der Waals surface area (Å²) in [5.41, 5.74) is 0. The van der Waals surface area contributed by atoms with Crippen molar-refractivity contribution < 1.29 is 19.1 Å². The van der Waals surface area contributed by atoms with Crippen molar-refractivity contribution in [3.8, 4) is 11.5 Å². The highest BCUT2D eigenvalue weighted by molar-refractivity contribution is 8.11. The van der Waals surface area contributed by atoms with Gasteiger partial charge >= 0.3 is 0 Å². The molecule has 2 amide bonds. The zero-order valence-corrected chi connectivity index (χ0v) is 19.6. The lowest BCUT2D eigenvalue weighted by atomic mass is 10.3. The zero-order valence-electron chi connectivity index (χ0n) is 17.8. The monoisotopic (exact) mass is 461 g/mol.